The second-order valence-corrected chi connectivity index (χ2v) is 6.85. The van der Waals surface area contributed by atoms with E-state index in [0.717, 1.165) is 51.6 Å². The summed E-state index contributed by atoms with van der Waals surface area (Å²) >= 11 is 0. The SMILES string of the molecule is O=C(CCN1C(=O)[C@H]2CCCC[C@H]2C1=O)NCC[C@H]1CCCO1. The Balaban J connectivity index is 1.39. The molecule has 2 heterocycles. The average Bonchev–Trinajstić information content (AvgIpc) is 3.15. The monoisotopic (exact) mass is 322 g/mol. The van der Waals surface area contributed by atoms with Crippen LogP contribution in [0.4, 0.5) is 0 Å². The first kappa shape index (κ1) is 16.4. The molecule has 0 aromatic rings. The van der Waals surface area contributed by atoms with Crippen molar-refractivity contribution in [1.29, 1.82) is 0 Å². The molecule has 2 aliphatic heterocycles. The normalized spacial score (nSPS) is 30.6. The fraction of sp³-hybridized carbons (Fsp3) is 0.824. The van der Waals surface area contributed by atoms with Gasteiger partial charge < -0.3 is 10.1 Å². The Morgan fingerprint density at radius 1 is 1.09 bits per heavy atom. The average molecular weight is 322 g/mol. The van der Waals surface area contributed by atoms with E-state index in [1.165, 1.54) is 4.90 Å². The Labute approximate surface area is 136 Å². The van der Waals surface area contributed by atoms with Crippen molar-refractivity contribution in [3.8, 4) is 0 Å². The first-order chi connectivity index (χ1) is 11.2. The summed E-state index contributed by atoms with van der Waals surface area (Å²) in [4.78, 5) is 37.8. The Morgan fingerprint density at radius 2 is 1.78 bits per heavy atom. The van der Waals surface area contributed by atoms with Gasteiger partial charge in [-0.25, -0.2) is 0 Å². The topological polar surface area (TPSA) is 75.7 Å². The highest BCUT2D eigenvalue weighted by Gasteiger charge is 2.47. The lowest BCUT2D eigenvalue weighted by atomic mass is 9.81. The third kappa shape index (κ3) is 3.74. The number of nitrogens with one attached hydrogen (secondary N) is 1. The molecule has 128 valence electrons. The lowest BCUT2D eigenvalue weighted by Gasteiger charge is -2.19. The fourth-order valence-electron chi connectivity index (χ4n) is 4.00. The van der Waals surface area contributed by atoms with Gasteiger partial charge in [0.1, 0.15) is 0 Å². The van der Waals surface area contributed by atoms with Crippen molar-refractivity contribution in [2.75, 3.05) is 19.7 Å². The smallest absolute Gasteiger partial charge is 0.233 e. The van der Waals surface area contributed by atoms with Gasteiger partial charge in [0.05, 0.1) is 17.9 Å². The van der Waals surface area contributed by atoms with Crippen LogP contribution in [-0.4, -0.2) is 48.4 Å². The molecule has 23 heavy (non-hydrogen) atoms. The molecule has 1 N–H and O–H groups in total. The molecule has 3 atom stereocenters. The zero-order chi connectivity index (χ0) is 16.2. The highest BCUT2D eigenvalue weighted by Crippen LogP contribution is 2.37. The maximum atomic E-state index is 12.3. The standard InChI is InChI=1S/C17H26N2O4/c20-15(18-9-7-12-4-3-11-23-12)8-10-19-16(21)13-5-1-2-6-14(13)17(19)22/h12-14H,1-11H2,(H,18,20)/t12-,13-,14+/m1/s1. The highest BCUT2D eigenvalue weighted by molar-refractivity contribution is 6.05. The third-order valence-corrected chi connectivity index (χ3v) is 5.31. The van der Waals surface area contributed by atoms with Gasteiger partial charge in [0.2, 0.25) is 17.7 Å². The minimum Gasteiger partial charge on any atom is -0.378 e. The number of carbonyl (C=O) groups is 3. The minimum atomic E-state index is -0.126. The van der Waals surface area contributed by atoms with E-state index in [0.29, 0.717) is 6.54 Å². The van der Waals surface area contributed by atoms with Gasteiger partial charge >= 0.3 is 0 Å². The summed E-state index contributed by atoms with van der Waals surface area (Å²) in [6.07, 6.45) is 7.14. The van der Waals surface area contributed by atoms with Crippen LogP contribution in [-0.2, 0) is 19.1 Å². The van der Waals surface area contributed by atoms with Crippen LogP contribution >= 0.6 is 0 Å². The lowest BCUT2D eigenvalue weighted by Crippen LogP contribution is -2.36. The number of likely N-dealkylation sites (tertiary alicyclic amines) is 1. The number of fused-ring (bicyclic) bond motifs is 1. The van der Waals surface area contributed by atoms with Crippen LogP contribution in [0, 0.1) is 11.8 Å². The number of rotatable bonds is 6. The van der Waals surface area contributed by atoms with E-state index in [1.54, 1.807) is 0 Å². The van der Waals surface area contributed by atoms with E-state index in [2.05, 4.69) is 5.32 Å². The fourth-order valence-corrected chi connectivity index (χ4v) is 4.00. The van der Waals surface area contributed by atoms with E-state index in [1.807, 2.05) is 0 Å². The summed E-state index contributed by atoms with van der Waals surface area (Å²) in [5.41, 5.74) is 0. The van der Waals surface area contributed by atoms with E-state index in [-0.39, 0.29) is 48.6 Å². The first-order valence-corrected chi connectivity index (χ1v) is 8.90. The van der Waals surface area contributed by atoms with E-state index < -0.39 is 0 Å². The predicted octanol–water partition coefficient (Wildman–Crippen LogP) is 1.24. The van der Waals surface area contributed by atoms with Crippen LogP contribution in [0.5, 0.6) is 0 Å². The zero-order valence-corrected chi connectivity index (χ0v) is 13.6. The number of hydrogen-bond acceptors (Lipinski definition) is 4. The molecule has 6 heteroatoms. The molecule has 0 radical (unpaired) electrons. The molecule has 3 rings (SSSR count). The van der Waals surface area contributed by atoms with Crippen molar-refractivity contribution < 1.29 is 19.1 Å². The summed E-state index contributed by atoms with van der Waals surface area (Å²) in [6, 6.07) is 0. The maximum Gasteiger partial charge on any atom is 0.233 e. The molecule has 0 aromatic heterocycles. The maximum absolute atomic E-state index is 12.3. The molecule has 3 aliphatic rings. The van der Waals surface area contributed by atoms with E-state index in [4.69, 9.17) is 4.74 Å². The van der Waals surface area contributed by atoms with E-state index >= 15 is 0 Å². The van der Waals surface area contributed by atoms with Gasteiger partial charge in [0.15, 0.2) is 0 Å². The van der Waals surface area contributed by atoms with Crippen molar-refractivity contribution in [1.82, 2.24) is 10.2 Å². The summed E-state index contributed by atoms with van der Waals surface area (Å²) in [6.45, 7) is 1.63. The van der Waals surface area contributed by atoms with E-state index in [9.17, 15) is 14.4 Å². The van der Waals surface area contributed by atoms with Crippen molar-refractivity contribution in [2.24, 2.45) is 11.8 Å². The van der Waals surface area contributed by atoms with Crippen LogP contribution in [0.2, 0.25) is 0 Å². The van der Waals surface area contributed by atoms with Crippen LogP contribution in [0.3, 0.4) is 0 Å². The quantitative estimate of drug-likeness (QED) is 0.747. The van der Waals surface area contributed by atoms with Gasteiger partial charge in [0, 0.05) is 26.1 Å². The third-order valence-electron chi connectivity index (χ3n) is 5.31. The van der Waals surface area contributed by atoms with Crippen molar-refractivity contribution in [2.45, 2.75) is 57.5 Å². The Kier molecular flexibility index (Phi) is 5.30. The highest BCUT2D eigenvalue weighted by atomic mass is 16.5. The molecule has 2 saturated heterocycles. The second kappa shape index (κ2) is 7.43. The number of carbonyl (C=O) groups excluding carboxylic acids is 3. The molecular weight excluding hydrogens is 296 g/mol. The molecule has 0 bridgehead atoms. The number of nitrogens with zero attached hydrogens (tertiary/aromatic N) is 1. The Bertz CT molecular complexity index is 449. The van der Waals surface area contributed by atoms with Crippen molar-refractivity contribution in [3.63, 3.8) is 0 Å². The summed E-state index contributed by atoms with van der Waals surface area (Å²) in [7, 11) is 0. The van der Waals surface area contributed by atoms with Crippen LogP contribution in [0.25, 0.3) is 0 Å². The Morgan fingerprint density at radius 3 is 2.39 bits per heavy atom. The molecule has 0 spiro atoms. The molecule has 1 aliphatic carbocycles. The summed E-state index contributed by atoms with van der Waals surface area (Å²) in [5, 5.41) is 2.86. The molecule has 0 aromatic carbocycles. The number of imide groups is 1. The van der Waals surface area contributed by atoms with Crippen LogP contribution in [0.1, 0.15) is 51.4 Å². The van der Waals surface area contributed by atoms with Gasteiger partial charge in [-0.1, -0.05) is 12.8 Å². The first-order valence-electron chi connectivity index (χ1n) is 8.90. The summed E-state index contributed by atoms with van der Waals surface area (Å²) in [5.74, 6) is -0.477. The molecular formula is C17H26N2O4. The lowest BCUT2D eigenvalue weighted by molar-refractivity contribution is -0.140. The van der Waals surface area contributed by atoms with Gasteiger partial charge in [-0.05, 0) is 32.1 Å². The molecule has 6 nitrogen and oxygen atoms in total. The van der Waals surface area contributed by atoms with Crippen LogP contribution in [0.15, 0.2) is 0 Å². The van der Waals surface area contributed by atoms with Crippen LogP contribution < -0.4 is 5.32 Å². The van der Waals surface area contributed by atoms with Gasteiger partial charge in [-0.3, -0.25) is 19.3 Å². The molecule has 0 unspecified atom stereocenters. The second-order valence-electron chi connectivity index (χ2n) is 6.85. The minimum absolute atomic E-state index is 0.0631. The van der Waals surface area contributed by atoms with Crippen molar-refractivity contribution >= 4 is 17.7 Å². The number of hydrogen-bond donors (Lipinski definition) is 1. The molecule has 1 saturated carbocycles. The predicted molar refractivity (Wildman–Crippen MR) is 83.4 cm³/mol. The van der Waals surface area contributed by atoms with Gasteiger partial charge in [0.25, 0.3) is 0 Å². The largest absolute Gasteiger partial charge is 0.378 e. The molecule has 3 fully saturated rings. The number of amides is 3. The Hall–Kier alpha value is -1.43. The number of ether oxygens (including phenoxy) is 1. The zero-order valence-electron chi connectivity index (χ0n) is 13.6. The summed E-state index contributed by atoms with van der Waals surface area (Å²) < 4.78 is 5.51. The van der Waals surface area contributed by atoms with Gasteiger partial charge in [-0.2, -0.15) is 0 Å². The van der Waals surface area contributed by atoms with Gasteiger partial charge in [-0.15, -0.1) is 0 Å². The van der Waals surface area contributed by atoms with Crippen molar-refractivity contribution in [3.05, 3.63) is 0 Å². The molecule has 3 amide bonds.